The number of amidine groups is 2. The average molecular weight is 604 g/mol. The monoisotopic (exact) mass is 603 g/mol. The SMILES string of the molecule is C1=CC2c3c(cccc3C3=NC(c4ccccc4)NC(c4ccccc4)=N3)OC2C(c2ccc3c4c(cccc24)-c2ccccc2-3)=C1. The van der Waals surface area contributed by atoms with Crippen molar-refractivity contribution < 1.29 is 4.74 Å². The fraction of sp³-hybridized carbons (Fsp3) is 0.0698. The average Bonchev–Trinajstić information content (AvgIpc) is 3.70. The predicted molar refractivity (Wildman–Crippen MR) is 191 cm³/mol. The van der Waals surface area contributed by atoms with E-state index in [1.165, 1.54) is 44.2 Å². The van der Waals surface area contributed by atoms with Gasteiger partial charge in [0.15, 0.2) is 5.84 Å². The van der Waals surface area contributed by atoms with Crippen LogP contribution in [0.25, 0.3) is 38.6 Å². The largest absolute Gasteiger partial charge is 0.484 e. The topological polar surface area (TPSA) is 46.0 Å². The molecular weight excluding hydrogens is 574 g/mol. The van der Waals surface area contributed by atoms with Crippen LogP contribution in [0.2, 0.25) is 0 Å². The molecule has 0 fully saturated rings. The molecule has 0 saturated carbocycles. The van der Waals surface area contributed by atoms with E-state index in [0.717, 1.165) is 33.8 Å². The van der Waals surface area contributed by atoms with Crippen molar-refractivity contribution in [1.82, 2.24) is 5.32 Å². The maximum atomic E-state index is 6.88. The molecular formula is C43H29N3O. The van der Waals surface area contributed by atoms with Crippen LogP contribution in [0.15, 0.2) is 162 Å². The van der Waals surface area contributed by atoms with Crippen molar-refractivity contribution in [3.63, 3.8) is 0 Å². The molecule has 0 radical (unpaired) electrons. The van der Waals surface area contributed by atoms with Crippen molar-refractivity contribution in [1.29, 1.82) is 0 Å². The molecule has 0 bridgehead atoms. The Kier molecular flexibility index (Phi) is 5.73. The minimum absolute atomic E-state index is 0.0320. The summed E-state index contributed by atoms with van der Waals surface area (Å²) in [6.45, 7) is 0. The lowest BCUT2D eigenvalue weighted by Crippen LogP contribution is -2.33. The lowest BCUT2D eigenvalue weighted by atomic mass is 9.81. The van der Waals surface area contributed by atoms with Crippen LogP contribution in [0.1, 0.15) is 39.9 Å². The van der Waals surface area contributed by atoms with Crippen molar-refractivity contribution in [2.24, 2.45) is 9.98 Å². The lowest BCUT2D eigenvalue weighted by molar-refractivity contribution is 0.278. The Labute approximate surface area is 273 Å². The summed E-state index contributed by atoms with van der Waals surface area (Å²) in [6.07, 6.45) is 6.29. The molecule has 3 unspecified atom stereocenters. The third-order valence-electron chi connectivity index (χ3n) is 9.89. The van der Waals surface area contributed by atoms with Gasteiger partial charge in [-0.25, -0.2) is 9.98 Å². The Morgan fingerprint density at radius 3 is 2.11 bits per heavy atom. The van der Waals surface area contributed by atoms with Crippen LogP contribution >= 0.6 is 0 Å². The number of aliphatic imine (C=N–C) groups is 2. The molecule has 10 rings (SSSR count). The van der Waals surface area contributed by atoms with E-state index in [2.05, 4.69) is 133 Å². The molecule has 6 aromatic carbocycles. The van der Waals surface area contributed by atoms with Crippen LogP contribution in [-0.2, 0) is 0 Å². The zero-order valence-electron chi connectivity index (χ0n) is 25.5. The third kappa shape index (κ3) is 4.01. The summed E-state index contributed by atoms with van der Waals surface area (Å²) in [5.41, 5.74) is 11.9. The molecule has 4 aliphatic rings. The van der Waals surface area contributed by atoms with E-state index in [1.54, 1.807) is 0 Å². The second-order valence-corrected chi connectivity index (χ2v) is 12.5. The van der Waals surface area contributed by atoms with E-state index in [0.29, 0.717) is 5.84 Å². The molecule has 4 nitrogen and oxygen atoms in total. The maximum absolute atomic E-state index is 6.88. The van der Waals surface area contributed by atoms with Crippen LogP contribution in [0.5, 0.6) is 5.75 Å². The molecule has 0 amide bonds. The summed E-state index contributed by atoms with van der Waals surface area (Å²) in [5, 5.41) is 6.18. The quantitative estimate of drug-likeness (QED) is 0.218. The van der Waals surface area contributed by atoms with Crippen LogP contribution in [0.4, 0.5) is 0 Å². The Balaban J connectivity index is 1.08. The van der Waals surface area contributed by atoms with E-state index in [9.17, 15) is 0 Å². The molecule has 2 aliphatic carbocycles. The van der Waals surface area contributed by atoms with Crippen LogP contribution < -0.4 is 10.1 Å². The number of hydrogen-bond acceptors (Lipinski definition) is 4. The molecule has 0 aromatic heterocycles. The Hall–Kier alpha value is -6.00. The van der Waals surface area contributed by atoms with E-state index in [4.69, 9.17) is 14.7 Å². The van der Waals surface area contributed by atoms with Gasteiger partial charge in [0.2, 0.25) is 0 Å². The van der Waals surface area contributed by atoms with Crippen molar-refractivity contribution in [3.05, 3.63) is 180 Å². The zero-order valence-corrected chi connectivity index (χ0v) is 25.5. The van der Waals surface area contributed by atoms with E-state index in [1.807, 2.05) is 24.3 Å². The van der Waals surface area contributed by atoms with Gasteiger partial charge in [-0.05, 0) is 50.2 Å². The number of fused-ring (bicyclic) bond motifs is 6. The highest BCUT2D eigenvalue weighted by molar-refractivity contribution is 6.18. The summed E-state index contributed by atoms with van der Waals surface area (Å²) in [4.78, 5) is 10.3. The molecule has 0 spiro atoms. The fourth-order valence-corrected chi connectivity index (χ4v) is 7.80. The molecule has 6 aromatic rings. The second kappa shape index (κ2) is 10.3. The van der Waals surface area contributed by atoms with Crippen LogP contribution in [0, 0.1) is 0 Å². The lowest BCUT2D eigenvalue weighted by Gasteiger charge is -2.26. The first kappa shape index (κ1) is 26.2. The van der Waals surface area contributed by atoms with Gasteiger partial charge in [0.25, 0.3) is 0 Å². The van der Waals surface area contributed by atoms with Crippen molar-refractivity contribution >= 4 is 28.0 Å². The number of nitrogens with zero attached hydrogens (tertiary/aromatic N) is 2. The third-order valence-corrected chi connectivity index (χ3v) is 9.89. The Bertz CT molecular complexity index is 2340. The highest BCUT2D eigenvalue weighted by Gasteiger charge is 2.40. The number of nitrogens with one attached hydrogen (secondary N) is 1. The van der Waals surface area contributed by atoms with Crippen molar-refractivity contribution in [2.45, 2.75) is 18.2 Å². The van der Waals surface area contributed by atoms with E-state index in [-0.39, 0.29) is 18.2 Å². The minimum atomic E-state index is -0.261. The van der Waals surface area contributed by atoms with Gasteiger partial charge in [-0.2, -0.15) is 0 Å². The van der Waals surface area contributed by atoms with E-state index < -0.39 is 0 Å². The number of benzene rings is 6. The Morgan fingerprint density at radius 2 is 1.28 bits per heavy atom. The van der Waals surface area contributed by atoms with Gasteiger partial charge in [0, 0.05) is 28.2 Å². The fourth-order valence-electron chi connectivity index (χ4n) is 7.80. The molecule has 0 saturated heterocycles. The van der Waals surface area contributed by atoms with Gasteiger partial charge in [-0.15, -0.1) is 0 Å². The van der Waals surface area contributed by atoms with Crippen molar-refractivity contribution in [3.8, 4) is 28.0 Å². The van der Waals surface area contributed by atoms with Gasteiger partial charge in [-0.3, -0.25) is 0 Å². The summed E-state index contributed by atoms with van der Waals surface area (Å²) < 4.78 is 6.88. The molecule has 2 heterocycles. The van der Waals surface area contributed by atoms with Gasteiger partial charge in [-0.1, -0.05) is 146 Å². The molecule has 2 aliphatic heterocycles. The number of allylic oxidation sites excluding steroid dienone is 2. The first-order valence-corrected chi connectivity index (χ1v) is 16.2. The predicted octanol–water partition coefficient (Wildman–Crippen LogP) is 9.48. The minimum Gasteiger partial charge on any atom is -0.484 e. The normalized spacial score (nSPS) is 19.9. The van der Waals surface area contributed by atoms with Gasteiger partial charge >= 0.3 is 0 Å². The highest BCUT2D eigenvalue weighted by atomic mass is 16.5. The first-order chi connectivity index (χ1) is 23.3. The summed E-state index contributed by atoms with van der Waals surface area (Å²) in [5.74, 6) is 2.45. The van der Waals surface area contributed by atoms with Crippen LogP contribution in [-0.4, -0.2) is 17.8 Å². The van der Waals surface area contributed by atoms with Gasteiger partial charge < -0.3 is 10.1 Å². The molecule has 222 valence electrons. The summed E-state index contributed by atoms with van der Waals surface area (Å²) in [6, 6.07) is 47.0. The number of hydrogen-bond donors (Lipinski definition) is 1. The van der Waals surface area contributed by atoms with Crippen LogP contribution in [0.3, 0.4) is 0 Å². The summed E-state index contributed by atoms with van der Waals surface area (Å²) in [7, 11) is 0. The smallest absolute Gasteiger partial charge is 0.159 e. The van der Waals surface area contributed by atoms with Crippen molar-refractivity contribution in [2.75, 3.05) is 0 Å². The highest BCUT2D eigenvalue weighted by Crippen LogP contribution is 2.52. The molecule has 4 heteroatoms. The molecule has 3 atom stereocenters. The molecule has 47 heavy (non-hydrogen) atoms. The number of rotatable bonds is 4. The standard InChI is InChI=1S/C43H29N3O/c1-3-12-26(13-4-1)41-44-42(27-14-5-2-6-15-27)46-43(45-41)36-22-11-23-37-39(36)35-21-10-20-34(40(35)47-37)30-24-25-33-29-17-8-7-16-28(29)31-18-9-19-32(30)38(31)33/h1-25,35,40-41H,(H,44,45,46). The Morgan fingerprint density at radius 1 is 0.596 bits per heavy atom. The van der Waals surface area contributed by atoms with Gasteiger partial charge in [0.1, 0.15) is 23.9 Å². The maximum Gasteiger partial charge on any atom is 0.159 e. The second-order valence-electron chi connectivity index (χ2n) is 12.5. The number of ether oxygens (including phenoxy) is 1. The van der Waals surface area contributed by atoms with E-state index >= 15 is 0 Å². The first-order valence-electron chi connectivity index (χ1n) is 16.2. The van der Waals surface area contributed by atoms with Gasteiger partial charge in [0.05, 0.1) is 0 Å². The molecule has 1 N–H and O–H groups in total. The zero-order chi connectivity index (χ0) is 30.9. The summed E-state index contributed by atoms with van der Waals surface area (Å²) >= 11 is 0.